The third kappa shape index (κ3) is 2.03. The van der Waals surface area contributed by atoms with Gasteiger partial charge in [-0.25, -0.2) is 9.48 Å². The summed E-state index contributed by atoms with van der Waals surface area (Å²) in [7, 11) is 0. The number of non-ortho nitro benzene ring substituents is 1. The monoisotopic (exact) mass is 267 g/mol. The zero-order valence-electron chi connectivity index (χ0n) is 8.78. The Kier molecular flexibility index (Phi) is 2.99. The van der Waals surface area contributed by atoms with E-state index in [1.165, 1.54) is 24.3 Å². The van der Waals surface area contributed by atoms with Gasteiger partial charge >= 0.3 is 5.97 Å². The van der Waals surface area contributed by atoms with Crippen molar-refractivity contribution in [2.45, 2.75) is 0 Å². The summed E-state index contributed by atoms with van der Waals surface area (Å²) in [4.78, 5) is 20.9. The zero-order chi connectivity index (χ0) is 13.3. The first-order valence-electron chi connectivity index (χ1n) is 4.72. The molecule has 92 valence electrons. The fourth-order valence-electron chi connectivity index (χ4n) is 1.40. The van der Waals surface area contributed by atoms with Crippen LogP contribution >= 0.6 is 11.6 Å². The van der Waals surface area contributed by atoms with Crippen molar-refractivity contribution < 1.29 is 14.8 Å². The van der Waals surface area contributed by atoms with E-state index in [-0.39, 0.29) is 16.4 Å². The number of rotatable bonds is 3. The molecule has 0 aliphatic carbocycles. The molecule has 2 rings (SSSR count). The summed E-state index contributed by atoms with van der Waals surface area (Å²) < 4.78 is 1.12. The fraction of sp³-hybridized carbons (Fsp3) is 0. The van der Waals surface area contributed by atoms with Gasteiger partial charge in [0.05, 0.1) is 16.8 Å². The Hall–Kier alpha value is -2.41. The van der Waals surface area contributed by atoms with Crippen molar-refractivity contribution in [3.8, 4) is 5.69 Å². The molecule has 8 heteroatoms. The second-order valence-electron chi connectivity index (χ2n) is 3.34. The van der Waals surface area contributed by atoms with Crippen molar-refractivity contribution >= 4 is 23.3 Å². The molecule has 0 atom stereocenters. The highest BCUT2D eigenvalue weighted by Gasteiger charge is 2.17. The highest BCUT2D eigenvalue weighted by Crippen LogP contribution is 2.22. The van der Waals surface area contributed by atoms with Gasteiger partial charge in [0.25, 0.3) is 5.69 Å². The van der Waals surface area contributed by atoms with Gasteiger partial charge in [0.15, 0.2) is 0 Å². The van der Waals surface area contributed by atoms with E-state index in [1.54, 1.807) is 0 Å². The van der Waals surface area contributed by atoms with Crippen LogP contribution in [0.15, 0.2) is 30.5 Å². The maximum absolute atomic E-state index is 10.8. The van der Waals surface area contributed by atoms with E-state index in [1.807, 2.05) is 0 Å². The molecule has 2 aromatic rings. The van der Waals surface area contributed by atoms with Gasteiger partial charge in [0.2, 0.25) is 0 Å². The molecule has 1 aromatic heterocycles. The summed E-state index contributed by atoms with van der Waals surface area (Å²) in [5, 5.41) is 23.1. The summed E-state index contributed by atoms with van der Waals surface area (Å²) in [6.07, 6.45) is 1.09. The number of nitro groups is 1. The summed E-state index contributed by atoms with van der Waals surface area (Å²) in [5.41, 5.74) is 0.0285. The lowest BCUT2D eigenvalue weighted by atomic mass is 10.3. The number of hydrogen-bond donors (Lipinski definition) is 1. The van der Waals surface area contributed by atoms with Crippen molar-refractivity contribution in [3.05, 3.63) is 51.3 Å². The smallest absolute Gasteiger partial charge is 0.340 e. The van der Waals surface area contributed by atoms with E-state index >= 15 is 0 Å². The lowest BCUT2D eigenvalue weighted by Crippen LogP contribution is -2.00. The molecule has 0 aliphatic heterocycles. The molecule has 0 amide bonds. The van der Waals surface area contributed by atoms with Crippen LogP contribution < -0.4 is 0 Å². The van der Waals surface area contributed by atoms with E-state index in [0.717, 1.165) is 10.9 Å². The van der Waals surface area contributed by atoms with E-state index in [0.29, 0.717) is 5.69 Å². The topological polar surface area (TPSA) is 98.3 Å². The molecule has 0 bridgehead atoms. The lowest BCUT2D eigenvalue weighted by molar-refractivity contribution is -0.384. The van der Waals surface area contributed by atoms with Gasteiger partial charge in [0, 0.05) is 12.1 Å². The Bertz CT molecular complexity index is 638. The van der Waals surface area contributed by atoms with Gasteiger partial charge in [-0.1, -0.05) is 17.7 Å². The minimum atomic E-state index is -1.21. The molecule has 0 saturated heterocycles. The molecule has 18 heavy (non-hydrogen) atoms. The van der Waals surface area contributed by atoms with Crippen LogP contribution in [-0.2, 0) is 0 Å². The Morgan fingerprint density at radius 1 is 1.50 bits per heavy atom. The maximum Gasteiger partial charge on any atom is 0.340 e. The zero-order valence-corrected chi connectivity index (χ0v) is 9.53. The molecule has 1 N–H and O–H groups in total. The molecule has 0 aliphatic rings. The molecule has 0 radical (unpaired) electrons. The molecular formula is C10H6ClN3O4. The number of aromatic nitrogens is 2. The van der Waals surface area contributed by atoms with E-state index in [9.17, 15) is 14.9 Å². The Morgan fingerprint density at radius 3 is 2.78 bits per heavy atom. The van der Waals surface area contributed by atoms with Crippen molar-refractivity contribution in [2.75, 3.05) is 0 Å². The second-order valence-corrected chi connectivity index (χ2v) is 3.70. The van der Waals surface area contributed by atoms with Crippen LogP contribution in [0.4, 0.5) is 5.69 Å². The number of benzene rings is 1. The number of aromatic carboxylic acids is 1. The highest BCUT2D eigenvalue weighted by molar-refractivity contribution is 6.32. The number of carboxylic acids is 1. The fourth-order valence-corrected chi connectivity index (χ4v) is 1.67. The van der Waals surface area contributed by atoms with Crippen molar-refractivity contribution in [1.29, 1.82) is 0 Å². The van der Waals surface area contributed by atoms with Gasteiger partial charge in [-0.3, -0.25) is 10.1 Å². The van der Waals surface area contributed by atoms with Gasteiger partial charge in [-0.05, 0) is 6.07 Å². The summed E-state index contributed by atoms with van der Waals surface area (Å²) in [6.45, 7) is 0. The van der Waals surface area contributed by atoms with Crippen molar-refractivity contribution in [1.82, 2.24) is 9.78 Å². The second kappa shape index (κ2) is 4.46. The first kappa shape index (κ1) is 12.1. The average Bonchev–Trinajstić information content (AvgIpc) is 2.71. The van der Waals surface area contributed by atoms with Crippen LogP contribution in [0.3, 0.4) is 0 Å². The number of halogens is 1. The number of carboxylic acid groups (broad SMARTS) is 1. The first-order valence-corrected chi connectivity index (χ1v) is 5.10. The summed E-state index contributed by atoms with van der Waals surface area (Å²) in [5.74, 6) is -1.21. The number of carbonyl (C=O) groups is 1. The van der Waals surface area contributed by atoms with Gasteiger partial charge < -0.3 is 5.11 Å². The van der Waals surface area contributed by atoms with E-state index < -0.39 is 10.9 Å². The Morgan fingerprint density at radius 2 is 2.22 bits per heavy atom. The highest BCUT2D eigenvalue weighted by atomic mass is 35.5. The maximum atomic E-state index is 10.8. The average molecular weight is 268 g/mol. The molecular weight excluding hydrogens is 262 g/mol. The minimum absolute atomic E-state index is 0.108. The molecule has 7 nitrogen and oxygen atoms in total. The van der Waals surface area contributed by atoms with Crippen LogP contribution in [0.1, 0.15) is 10.4 Å². The number of hydrogen-bond acceptors (Lipinski definition) is 4. The standard InChI is InChI=1S/C10H6ClN3O4/c11-9-8(10(15)16)5-12-13(9)6-2-1-3-7(4-6)14(17)18/h1-5H,(H,15,16). The molecule has 0 unspecified atom stereocenters. The lowest BCUT2D eigenvalue weighted by Gasteiger charge is -2.02. The van der Waals surface area contributed by atoms with Crippen LogP contribution in [-0.4, -0.2) is 25.8 Å². The number of nitro benzene ring substituents is 1. The first-order chi connectivity index (χ1) is 8.50. The molecule has 0 spiro atoms. The van der Waals surface area contributed by atoms with Gasteiger partial charge in [-0.2, -0.15) is 5.10 Å². The van der Waals surface area contributed by atoms with Crippen LogP contribution in [0.25, 0.3) is 5.69 Å². The molecule has 1 heterocycles. The predicted octanol–water partition coefficient (Wildman–Crippen LogP) is 2.13. The minimum Gasteiger partial charge on any atom is -0.478 e. The SMILES string of the molecule is O=C(O)c1cnn(-c2cccc([N+](=O)[O-])c2)c1Cl. The number of nitrogens with zero attached hydrogens (tertiary/aromatic N) is 3. The molecule has 1 aromatic carbocycles. The summed E-state index contributed by atoms with van der Waals surface area (Å²) in [6, 6.07) is 5.58. The quantitative estimate of drug-likeness (QED) is 0.678. The third-order valence-corrected chi connectivity index (χ3v) is 2.59. The van der Waals surface area contributed by atoms with Crippen LogP contribution in [0.2, 0.25) is 5.15 Å². The van der Waals surface area contributed by atoms with E-state index in [4.69, 9.17) is 16.7 Å². The van der Waals surface area contributed by atoms with Gasteiger partial charge in [-0.15, -0.1) is 0 Å². The predicted molar refractivity (Wildman–Crippen MR) is 62.2 cm³/mol. The van der Waals surface area contributed by atoms with Crippen molar-refractivity contribution in [2.24, 2.45) is 0 Å². The van der Waals surface area contributed by atoms with Crippen molar-refractivity contribution in [3.63, 3.8) is 0 Å². The normalized spacial score (nSPS) is 10.3. The largest absolute Gasteiger partial charge is 0.478 e. The Balaban J connectivity index is 2.52. The van der Waals surface area contributed by atoms with Crippen LogP contribution in [0.5, 0.6) is 0 Å². The summed E-state index contributed by atoms with van der Waals surface area (Å²) >= 11 is 5.84. The van der Waals surface area contributed by atoms with Crippen LogP contribution in [0, 0.1) is 10.1 Å². The molecule has 0 fully saturated rings. The Labute approximate surface area is 105 Å². The third-order valence-electron chi connectivity index (χ3n) is 2.23. The van der Waals surface area contributed by atoms with E-state index in [2.05, 4.69) is 5.10 Å². The van der Waals surface area contributed by atoms with Gasteiger partial charge in [0.1, 0.15) is 10.7 Å². The molecule has 0 saturated carbocycles.